The first kappa shape index (κ1) is 21.0. The first-order valence-corrected chi connectivity index (χ1v) is 9.31. The molecule has 1 saturated carbocycles. The molecule has 1 heterocycles. The summed E-state index contributed by atoms with van der Waals surface area (Å²) in [4.78, 5) is 20.7. The molecule has 1 N–H and O–H groups in total. The molecule has 5 nitrogen and oxygen atoms in total. The molecule has 1 fully saturated rings. The molecule has 0 aliphatic heterocycles. The number of aromatic nitrogens is 1. The van der Waals surface area contributed by atoms with E-state index >= 15 is 0 Å². The molecular formula is C21H23F3N2O3. The third-order valence-corrected chi connectivity index (χ3v) is 5.00. The molecule has 1 aliphatic carbocycles. The van der Waals surface area contributed by atoms with Crippen LogP contribution in [0.4, 0.5) is 13.2 Å². The topological polar surface area (TPSA) is 60.5 Å². The number of nitrogens with zero attached hydrogens (tertiary/aromatic N) is 1. The van der Waals surface area contributed by atoms with E-state index in [0.717, 1.165) is 25.0 Å². The first-order chi connectivity index (χ1) is 13.6. The summed E-state index contributed by atoms with van der Waals surface area (Å²) < 4.78 is 45.3. The minimum Gasteiger partial charge on any atom is -0.491 e. The van der Waals surface area contributed by atoms with E-state index in [4.69, 9.17) is 9.57 Å². The highest BCUT2D eigenvalue weighted by Crippen LogP contribution is 2.45. The largest absolute Gasteiger partial charge is 0.491 e. The van der Waals surface area contributed by atoms with Gasteiger partial charge in [0.1, 0.15) is 5.75 Å². The predicted octanol–water partition coefficient (Wildman–Crippen LogP) is 4.86. The minimum atomic E-state index is -4.49. The molecule has 156 valence electrons. The second-order valence-corrected chi connectivity index (χ2v) is 7.75. The average molecular weight is 408 g/mol. The number of hydrogen-bond acceptors (Lipinski definition) is 4. The number of carbonyl (C=O) groups excluding carboxylic acids is 1. The van der Waals surface area contributed by atoms with E-state index in [0.29, 0.717) is 18.1 Å². The lowest BCUT2D eigenvalue weighted by molar-refractivity contribution is -0.137. The van der Waals surface area contributed by atoms with Gasteiger partial charge in [-0.25, -0.2) is 0 Å². The molecule has 2 aromatic rings. The zero-order valence-electron chi connectivity index (χ0n) is 16.5. The third-order valence-electron chi connectivity index (χ3n) is 5.00. The summed E-state index contributed by atoms with van der Waals surface area (Å²) in [5, 5.41) is 0. The number of halogens is 3. The van der Waals surface area contributed by atoms with Gasteiger partial charge < -0.3 is 9.57 Å². The number of hydroxylamine groups is 1. The lowest BCUT2D eigenvalue weighted by Gasteiger charge is -2.19. The van der Waals surface area contributed by atoms with Crippen LogP contribution in [0.25, 0.3) is 0 Å². The van der Waals surface area contributed by atoms with E-state index < -0.39 is 23.6 Å². The fourth-order valence-corrected chi connectivity index (χ4v) is 2.79. The van der Waals surface area contributed by atoms with Crippen LogP contribution in [0.15, 0.2) is 36.5 Å². The Kier molecular flexibility index (Phi) is 5.73. The van der Waals surface area contributed by atoms with Gasteiger partial charge >= 0.3 is 6.18 Å². The van der Waals surface area contributed by atoms with E-state index in [9.17, 15) is 18.0 Å². The SMILES string of the molecule is CC(=O)NOc1ccc(C(F)(F)F)cc1[C@@H](C)c1ccc(OCC2(C)CC2)cn1. The summed E-state index contributed by atoms with van der Waals surface area (Å²) in [5.41, 5.74) is 2.41. The monoisotopic (exact) mass is 408 g/mol. The van der Waals surface area contributed by atoms with Crippen molar-refractivity contribution >= 4 is 5.91 Å². The Balaban J connectivity index is 1.83. The maximum Gasteiger partial charge on any atom is 0.416 e. The number of nitrogens with one attached hydrogen (secondary N) is 1. The predicted molar refractivity (Wildman–Crippen MR) is 100 cm³/mol. The zero-order valence-corrected chi connectivity index (χ0v) is 16.5. The van der Waals surface area contributed by atoms with Gasteiger partial charge in [0.05, 0.1) is 18.4 Å². The van der Waals surface area contributed by atoms with E-state index in [-0.39, 0.29) is 16.7 Å². The second-order valence-electron chi connectivity index (χ2n) is 7.75. The van der Waals surface area contributed by atoms with Crippen molar-refractivity contribution in [3.8, 4) is 11.5 Å². The molecule has 0 saturated heterocycles. The van der Waals surface area contributed by atoms with E-state index in [1.165, 1.54) is 13.0 Å². The van der Waals surface area contributed by atoms with E-state index in [1.807, 2.05) is 0 Å². The van der Waals surface area contributed by atoms with Crippen LogP contribution < -0.4 is 15.1 Å². The standard InChI is InChI=1S/C21H23F3N2O3/c1-13(18-6-5-16(11-25-18)28-12-20(3)8-9-20)17-10-15(21(22,23)24)4-7-19(17)29-26-14(2)27/h4-7,10-11,13H,8-9,12H2,1-3H3,(H,26,27)/t13-/m1/s1. The fraction of sp³-hybridized carbons (Fsp3) is 0.429. The molecule has 0 unspecified atom stereocenters. The molecule has 8 heteroatoms. The molecule has 29 heavy (non-hydrogen) atoms. The maximum absolute atomic E-state index is 13.2. The van der Waals surface area contributed by atoms with Gasteiger partial charge in [0.15, 0.2) is 5.75 Å². The van der Waals surface area contributed by atoms with Crippen molar-refractivity contribution in [2.24, 2.45) is 5.41 Å². The van der Waals surface area contributed by atoms with Gasteiger partial charge in [-0.3, -0.25) is 9.78 Å². The second kappa shape index (κ2) is 7.93. The summed E-state index contributed by atoms with van der Waals surface area (Å²) >= 11 is 0. The van der Waals surface area contributed by atoms with Crippen LogP contribution in [0, 0.1) is 5.41 Å². The van der Waals surface area contributed by atoms with Crippen LogP contribution >= 0.6 is 0 Å². The van der Waals surface area contributed by atoms with Crippen molar-refractivity contribution < 1.29 is 27.5 Å². The molecule has 1 amide bonds. The van der Waals surface area contributed by atoms with Crippen LogP contribution in [0.5, 0.6) is 11.5 Å². The summed E-state index contributed by atoms with van der Waals surface area (Å²) in [7, 11) is 0. The van der Waals surface area contributed by atoms with Crippen molar-refractivity contribution in [1.29, 1.82) is 0 Å². The molecular weight excluding hydrogens is 385 g/mol. The summed E-state index contributed by atoms with van der Waals surface area (Å²) in [6.07, 6.45) is -0.644. The summed E-state index contributed by atoms with van der Waals surface area (Å²) in [5.74, 6) is -0.221. The molecule has 0 spiro atoms. The normalized spacial score (nSPS) is 16.1. The highest BCUT2D eigenvalue weighted by Gasteiger charge is 2.38. The Hall–Kier alpha value is -2.77. The quantitative estimate of drug-likeness (QED) is 0.665. The molecule has 1 aromatic heterocycles. The van der Waals surface area contributed by atoms with Gasteiger partial charge in [-0.2, -0.15) is 18.7 Å². The van der Waals surface area contributed by atoms with Crippen molar-refractivity contribution in [3.63, 3.8) is 0 Å². The summed E-state index contributed by atoms with van der Waals surface area (Å²) in [6.45, 7) is 5.74. The molecule has 0 bridgehead atoms. The Morgan fingerprint density at radius 3 is 2.55 bits per heavy atom. The number of pyridine rings is 1. The average Bonchev–Trinajstić information content (AvgIpc) is 3.41. The molecule has 1 atom stereocenters. The van der Waals surface area contributed by atoms with Crippen LogP contribution in [0.1, 0.15) is 56.4 Å². The highest BCUT2D eigenvalue weighted by molar-refractivity contribution is 5.71. The zero-order chi connectivity index (χ0) is 21.2. The van der Waals surface area contributed by atoms with Crippen LogP contribution in [0.3, 0.4) is 0 Å². The van der Waals surface area contributed by atoms with Crippen molar-refractivity contribution in [2.75, 3.05) is 6.61 Å². The number of rotatable bonds is 7. The number of hydrogen-bond donors (Lipinski definition) is 1. The lowest BCUT2D eigenvalue weighted by atomic mass is 9.94. The molecule has 3 rings (SSSR count). The van der Waals surface area contributed by atoms with E-state index in [1.54, 1.807) is 25.3 Å². The smallest absolute Gasteiger partial charge is 0.416 e. The Morgan fingerprint density at radius 1 is 1.28 bits per heavy atom. The number of carbonyl (C=O) groups is 1. The van der Waals surface area contributed by atoms with Crippen LogP contribution in [-0.4, -0.2) is 17.5 Å². The van der Waals surface area contributed by atoms with Crippen molar-refractivity contribution in [2.45, 2.75) is 45.7 Å². The summed E-state index contributed by atoms with van der Waals surface area (Å²) in [6, 6.07) is 6.60. The number of alkyl halides is 3. The van der Waals surface area contributed by atoms with Gasteiger partial charge in [-0.1, -0.05) is 13.8 Å². The fourth-order valence-electron chi connectivity index (χ4n) is 2.79. The van der Waals surface area contributed by atoms with Gasteiger partial charge in [-0.15, -0.1) is 0 Å². The molecule has 0 radical (unpaired) electrons. The molecule has 1 aliphatic rings. The Labute approximate surface area is 167 Å². The number of amides is 1. The Morgan fingerprint density at radius 2 is 2.00 bits per heavy atom. The third kappa shape index (κ3) is 5.40. The minimum absolute atomic E-state index is 0.129. The number of benzene rings is 1. The first-order valence-electron chi connectivity index (χ1n) is 9.31. The molecule has 1 aromatic carbocycles. The lowest BCUT2D eigenvalue weighted by Crippen LogP contribution is -2.24. The maximum atomic E-state index is 13.2. The van der Waals surface area contributed by atoms with Crippen LogP contribution in [0.2, 0.25) is 0 Å². The van der Waals surface area contributed by atoms with Gasteiger partial charge in [0.2, 0.25) is 5.91 Å². The van der Waals surface area contributed by atoms with Crippen LogP contribution in [-0.2, 0) is 11.0 Å². The van der Waals surface area contributed by atoms with Crippen molar-refractivity contribution in [1.82, 2.24) is 10.5 Å². The van der Waals surface area contributed by atoms with Gasteiger partial charge in [0, 0.05) is 29.5 Å². The van der Waals surface area contributed by atoms with Gasteiger partial charge in [-0.05, 0) is 43.2 Å². The number of ether oxygens (including phenoxy) is 1. The van der Waals surface area contributed by atoms with Crippen molar-refractivity contribution in [3.05, 3.63) is 53.3 Å². The van der Waals surface area contributed by atoms with E-state index in [2.05, 4.69) is 17.4 Å². The van der Waals surface area contributed by atoms with Gasteiger partial charge in [0.25, 0.3) is 0 Å². The highest BCUT2D eigenvalue weighted by atomic mass is 19.4. The Bertz CT molecular complexity index is 878.